The van der Waals surface area contributed by atoms with E-state index in [1.807, 2.05) is 6.92 Å². The van der Waals surface area contributed by atoms with E-state index in [4.69, 9.17) is 0 Å². The van der Waals surface area contributed by atoms with Crippen LogP contribution in [-0.2, 0) is 15.1 Å². The first-order chi connectivity index (χ1) is 11.0. The number of nitrogens with zero attached hydrogens (tertiary/aromatic N) is 1. The molecule has 2 N–H and O–H groups in total. The van der Waals surface area contributed by atoms with E-state index >= 15 is 0 Å². The molecule has 1 saturated heterocycles. The van der Waals surface area contributed by atoms with Crippen molar-refractivity contribution in [1.29, 1.82) is 0 Å². The lowest BCUT2D eigenvalue weighted by atomic mass is 9.91. The molecule has 1 aliphatic heterocycles. The van der Waals surface area contributed by atoms with Gasteiger partial charge in [-0.15, -0.1) is 0 Å². The van der Waals surface area contributed by atoms with Gasteiger partial charge in [0.15, 0.2) is 0 Å². The highest BCUT2D eigenvalue weighted by Crippen LogP contribution is 2.28. The lowest BCUT2D eigenvalue weighted by Crippen LogP contribution is -2.44. The highest BCUT2D eigenvalue weighted by atomic mass is 19.4. The Kier molecular flexibility index (Phi) is 4.54. The number of carbonyl (C=O) groups is 3. The van der Waals surface area contributed by atoms with E-state index in [0.29, 0.717) is 10.5 Å². The number of hydrogen-bond acceptors (Lipinski definition) is 3. The Balaban J connectivity index is 2.11. The highest BCUT2D eigenvalue weighted by Gasteiger charge is 2.49. The Morgan fingerprint density at radius 2 is 1.83 bits per heavy atom. The van der Waals surface area contributed by atoms with Crippen molar-refractivity contribution in [3.63, 3.8) is 0 Å². The van der Waals surface area contributed by atoms with Gasteiger partial charge in [-0.25, -0.2) is 4.79 Å². The maximum Gasteiger partial charge on any atom is 0.405 e. The first-order valence-corrected chi connectivity index (χ1v) is 7.07. The number of hydrogen-bond donors (Lipinski definition) is 2. The number of benzene rings is 1. The molecule has 0 aliphatic carbocycles. The number of urea groups is 1. The maximum atomic E-state index is 12.5. The summed E-state index contributed by atoms with van der Waals surface area (Å²) in [6.07, 6.45) is -4.57. The average Bonchev–Trinajstić information content (AvgIpc) is 2.69. The summed E-state index contributed by atoms with van der Waals surface area (Å²) < 4.78 is 36.3. The van der Waals surface area contributed by atoms with Gasteiger partial charge in [-0.05, 0) is 19.4 Å². The third-order valence-electron chi connectivity index (χ3n) is 3.69. The first-order valence-electron chi connectivity index (χ1n) is 7.07. The Morgan fingerprint density at radius 3 is 2.38 bits per heavy atom. The van der Waals surface area contributed by atoms with Crippen molar-refractivity contribution in [1.82, 2.24) is 15.5 Å². The van der Waals surface area contributed by atoms with Crippen LogP contribution in [0.4, 0.5) is 18.0 Å². The van der Waals surface area contributed by atoms with E-state index in [1.54, 1.807) is 29.6 Å². The maximum absolute atomic E-state index is 12.5. The quantitative estimate of drug-likeness (QED) is 0.812. The third-order valence-corrected chi connectivity index (χ3v) is 3.69. The fraction of sp³-hybridized carbons (Fsp3) is 0.400. The molecule has 6 nitrogen and oxygen atoms in total. The summed E-state index contributed by atoms with van der Waals surface area (Å²) >= 11 is 0. The van der Waals surface area contributed by atoms with Gasteiger partial charge >= 0.3 is 12.2 Å². The van der Waals surface area contributed by atoms with Gasteiger partial charge in [0.25, 0.3) is 5.91 Å². The zero-order chi connectivity index (χ0) is 18.1. The summed E-state index contributed by atoms with van der Waals surface area (Å²) in [7, 11) is 0. The zero-order valence-electron chi connectivity index (χ0n) is 13.0. The molecule has 1 unspecified atom stereocenters. The van der Waals surface area contributed by atoms with Crippen LogP contribution in [0, 0.1) is 6.92 Å². The van der Waals surface area contributed by atoms with Crippen LogP contribution in [-0.4, -0.2) is 42.0 Å². The molecule has 1 aliphatic rings. The topological polar surface area (TPSA) is 78.5 Å². The van der Waals surface area contributed by atoms with Crippen LogP contribution >= 0.6 is 0 Å². The monoisotopic (exact) mass is 343 g/mol. The number of nitrogens with one attached hydrogen (secondary N) is 2. The molecule has 1 aromatic rings. The molecule has 0 spiro atoms. The van der Waals surface area contributed by atoms with Gasteiger partial charge in [0.05, 0.1) is 0 Å². The van der Waals surface area contributed by atoms with Crippen molar-refractivity contribution in [2.45, 2.75) is 25.6 Å². The van der Waals surface area contributed by atoms with E-state index in [0.717, 1.165) is 5.56 Å². The van der Waals surface area contributed by atoms with Gasteiger partial charge in [0.1, 0.15) is 18.6 Å². The molecule has 0 saturated carbocycles. The molecular formula is C15H16F3N3O3. The molecule has 0 bridgehead atoms. The van der Waals surface area contributed by atoms with Crippen molar-refractivity contribution in [3.05, 3.63) is 35.4 Å². The summed E-state index contributed by atoms with van der Waals surface area (Å²) in [4.78, 5) is 36.6. The number of carbonyl (C=O) groups excluding carboxylic acids is 3. The standard InChI is InChI=1S/C15H16F3N3O3/c1-9-3-5-10(6-4-9)14(2)12(23)21(13(24)20-14)7-11(22)19-8-15(16,17)18/h3-6H,7-8H2,1-2H3,(H,19,22)(H,20,24). The summed E-state index contributed by atoms with van der Waals surface area (Å²) in [5.74, 6) is -1.76. The van der Waals surface area contributed by atoms with E-state index in [9.17, 15) is 27.6 Å². The van der Waals surface area contributed by atoms with Crippen LogP contribution in [0.2, 0.25) is 0 Å². The Bertz CT molecular complexity index is 673. The second kappa shape index (κ2) is 6.14. The largest absolute Gasteiger partial charge is 0.405 e. The van der Waals surface area contributed by atoms with Crippen LogP contribution in [0.15, 0.2) is 24.3 Å². The van der Waals surface area contributed by atoms with E-state index < -0.39 is 42.7 Å². The van der Waals surface area contributed by atoms with Crippen molar-refractivity contribution in [2.24, 2.45) is 0 Å². The first kappa shape index (κ1) is 17.8. The molecule has 0 aromatic heterocycles. The van der Waals surface area contributed by atoms with Crippen molar-refractivity contribution in [3.8, 4) is 0 Å². The fourth-order valence-electron chi connectivity index (χ4n) is 2.32. The average molecular weight is 343 g/mol. The normalized spacial score (nSPS) is 21.0. The number of alkyl halides is 3. The number of halogens is 3. The predicted molar refractivity (Wildman–Crippen MR) is 77.8 cm³/mol. The smallest absolute Gasteiger partial charge is 0.345 e. The number of aryl methyl sites for hydroxylation is 1. The van der Waals surface area contributed by atoms with Crippen LogP contribution < -0.4 is 10.6 Å². The summed E-state index contributed by atoms with van der Waals surface area (Å²) in [6, 6.07) is 6.03. The number of imide groups is 1. The predicted octanol–water partition coefficient (Wildman–Crippen LogP) is 1.44. The van der Waals surface area contributed by atoms with Crippen molar-refractivity contribution in [2.75, 3.05) is 13.1 Å². The Hall–Kier alpha value is -2.58. The molecular weight excluding hydrogens is 327 g/mol. The van der Waals surface area contributed by atoms with Gasteiger partial charge < -0.3 is 10.6 Å². The number of amides is 4. The minimum absolute atomic E-state index is 0.518. The molecule has 4 amide bonds. The molecule has 2 rings (SSSR count). The van der Waals surface area contributed by atoms with Crippen LogP contribution in [0.25, 0.3) is 0 Å². The summed E-state index contributed by atoms with van der Waals surface area (Å²) in [6.45, 7) is 1.04. The van der Waals surface area contributed by atoms with Gasteiger partial charge in [0.2, 0.25) is 5.91 Å². The zero-order valence-corrected chi connectivity index (χ0v) is 13.0. The number of rotatable bonds is 4. The molecule has 130 valence electrons. The lowest BCUT2D eigenvalue weighted by molar-refractivity contribution is -0.141. The van der Waals surface area contributed by atoms with E-state index in [1.165, 1.54) is 6.92 Å². The summed E-state index contributed by atoms with van der Waals surface area (Å²) in [5, 5.41) is 4.11. The fourth-order valence-corrected chi connectivity index (χ4v) is 2.32. The highest BCUT2D eigenvalue weighted by molar-refractivity contribution is 6.09. The Morgan fingerprint density at radius 1 is 1.25 bits per heavy atom. The lowest BCUT2D eigenvalue weighted by Gasteiger charge is -2.22. The molecule has 1 aromatic carbocycles. The SMILES string of the molecule is Cc1ccc(C2(C)NC(=O)N(CC(=O)NCC(F)(F)F)C2=O)cc1. The van der Waals surface area contributed by atoms with Crippen molar-refractivity contribution >= 4 is 17.8 Å². The van der Waals surface area contributed by atoms with Gasteiger partial charge in [-0.3, -0.25) is 14.5 Å². The molecule has 1 fully saturated rings. The molecule has 0 radical (unpaired) electrons. The van der Waals surface area contributed by atoms with E-state index in [2.05, 4.69) is 5.32 Å². The van der Waals surface area contributed by atoms with Crippen LogP contribution in [0.5, 0.6) is 0 Å². The third kappa shape index (κ3) is 3.66. The second-order valence-electron chi connectivity index (χ2n) is 5.70. The molecule has 24 heavy (non-hydrogen) atoms. The molecule has 9 heteroatoms. The van der Waals surface area contributed by atoms with Gasteiger partial charge in [-0.2, -0.15) is 13.2 Å². The van der Waals surface area contributed by atoms with Crippen LogP contribution in [0.3, 0.4) is 0 Å². The minimum atomic E-state index is -4.57. The minimum Gasteiger partial charge on any atom is -0.345 e. The molecule has 1 atom stereocenters. The second-order valence-corrected chi connectivity index (χ2v) is 5.70. The summed E-state index contributed by atoms with van der Waals surface area (Å²) in [5.41, 5.74) is 0.113. The molecule has 1 heterocycles. The van der Waals surface area contributed by atoms with E-state index in [-0.39, 0.29) is 0 Å². The Labute approximate surface area is 136 Å². The van der Waals surface area contributed by atoms with Gasteiger partial charge in [0, 0.05) is 0 Å². The van der Waals surface area contributed by atoms with Crippen LogP contribution in [0.1, 0.15) is 18.1 Å². The van der Waals surface area contributed by atoms with Crippen molar-refractivity contribution < 1.29 is 27.6 Å². The van der Waals surface area contributed by atoms with Gasteiger partial charge in [-0.1, -0.05) is 29.8 Å².